The molecule has 68 heavy (non-hydrogen) atoms. The molecule has 0 saturated carbocycles. The van der Waals surface area contributed by atoms with E-state index in [4.69, 9.17) is 25.3 Å². The summed E-state index contributed by atoms with van der Waals surface area (Å²) in [5, 5.41) is 8.39. The molecule has 0 bridgehead atoms. The second-order valence-electron chi connectivity index (χ2n) is 15.5. The van der Waals surface area contributed by atoms with E-state index < -0.39 is 24.0 Å². The van der Waals surface area contributed by atoms with Crippen LogP contribution in [0.2, 0.25) is 0 Å². The van der Waals surface area contributed by atoms with Crippen LogP contribution in [0.4, 0.5) is 0 Å². The number of hydrogen-bond donors (Lipinski definition) is 0. The van der Waals surface area contributed by atoms with Gasteiger partial charge in [-0.3, -0.25) is 0 Å². The van der Waals surface area contributed by atoms with Crippen molar-refractivity contribution in [3.63, 3.8) is 0 Å². The van der Waals surface area contributed by atoms with Crippen LogP contribution in [-0.2, 0) is 54.5 Å². The SMILES string of the molecule is [Pt+2].[S-]C(SC([S-])(c1ccccc1)c1ccccc1)(c1ccccc1)c1ccccc1.c1ccc(P(c2ccccc2)c2ccccc2)cc1.c1ccc(P(c2ccccc2)c2ccccc2)cc1. The Hall–Kier alpha value is -5.20. The Morgan fingerprint density at radius 2 is 0.353 bits per heavy atom. The minimum atomic E-state index is -0.726. The third-order valence-electron chi connectivity index (χ3n) is 11.0. The van der Waals surface area contributed by atoms with Crippen LogP contribution in [0.15, 0.2) is 303 Å². The molecule has 336 valence electrons. The number of thioether (sulfide) groups is 1. The molecule has 6 heteroatoms. The first kappa shape index (κ1) is 50.7. The molecule has 0 spiro atoms. The Kier molecular flexibility index (Phi) is 19.3. The van der Waals surface area contributed by atoms with Gasteiger partial charge in [0, 0.05) is 0 Å². The third-order valence-corrected chi connectivity index (χ3v) is 18.8. The fraction of sp³-hybridized carbons (Fsp3) is 0.0323. The van der Waals surface area contributed by atoms with Crippen LogP contribution < -0.4 is 31.8 Å². The van der Waals surface area contributed by atoms with E-state index in [1.807, 2.05) is 72.8 Å². The summed E-state index contributed by atoms with van der Waals surface area (Å²) < 4.78 is -1.45. The number of hydrogen-bond acceptors (Lipinski definition) is 3. The van der Waals surface area contributed by atoms with Crippen molar-refractivity contribution < 1.29 is 21.1 Å². The molecule has 10 aromatic carbocycles. The molecule has 0 atom stereocenters. The molecular formula is C62H50P2PtS3. The van der Waals surface area contributed by atoms with Crippen molar-refractivity contribution in [3.8, 4) is 0 Å². The maximum Gasteiger partial charge on any atom is 2.00 e. The molecule has 0 aromatic heterocycles. The van der Waals surface area contributed by atoms with E-state index >= 15 is 0 Å². The smallest absolute Gasteiger partial charge is 0.766 e. The molecule has 0 aliphatic rings. The molecule has 0 unspecified atom stereocenters. The molecule has 0 heterocycles. The summed E-state index contributed by atoms with van der Waals surface area (Å²) in [5.74, 6) is 0. The zero-order valence-electron chi connectivity index (χ0n) is 37.3. The van der Waals surface area contributed by atoms with Crippen LogP contribution in [0.3, 0.4) is 0 Å². The fourth-order valence-electron chi connectivity index (χ4n) is 7.76. The van der Waals surface area contributed by atoms with Crippen molar-refractivity contribution in [2.45, 2.75) is 8.16 Å². The Morgan fingerprint density at radius 3 is 0.500 bits per heavy atom. The number of benzene rings is 10. The van der Waals surface area contributed by atoms with Gasteiger partial charge in [0.15, 0.2) is 0 Å². The number of rotatable bonds is 12. The second kappa shape index (κ2) is 26.0. The van der Waals surface area contributed by atoms with Gasteiger partial charge in [0.05, 0.1) is 0 Å². The van der Waals surface area contributed by atoms with Gasteiger partial charge in [-0.2, -0.15) is 11.8 Å². The van der Waals surface area contributed by atoms with Gasteiger partial charge >= 0.3 is 21.1 Å². The molecule has 0 N–H and O–H groups in total. The van der Waals surface area contributed by atoms with Gasteiger partial charge < -0.3 is 25.3 Å². The maximum absolute atomic E-state index is 6.38. The summed E-state index contributed by atoms with van der Waals surface area (Å²) >= 11 is 14.4. The molecule has 10 aromatic rings. The van der Waals surface area contributed by atoms with Gasteiger partial charge in [-0.1, -0.05) is 334 Å². The van der Waals surface area contributed by atoms with Crippen molar-refractivity contribution in [1.82, 2.24) is 0 Å². The molecule has 0 saturated heterocycles. The van der Waals surface area contributed by atoms with Crippen LogP contribution in [0, 0.1) is 0 Å². The fourth-order valence-corrected chi connectivity index (χ4v) is 15.2. The Bertz CT molecular complexity index is 2450. The molecule has 0 fully saturated rings. The quantitative estimate of drug-likeness (QED) is 0.0884. The van der Waals surface area contributed by atoms with E-state index in [-0.39, 0.29) is 21.1 Å². The minimum Gasteiger partial charge on any atom is -0.766 e. The molecular weight excluding hydrogens is 1100 g/mol. The van der Waals surface area contributed by atoms with E-state index in [1.54, 1.807) is 11.8 Å². The van der Waals surface area contributed by atoms with Gasteiger partial charge in [0.2, 0.25) is 0 Å². The molecule has 0 radical (unpaired) electrons. The van der Waals surface area contributed by atoms with Crippen molar-refractivity contribution in [3.05, 3.63) is 326 Å². The van der Waals surface area contributed by atoms with Crippen molar-refractivity contribution in [2.75, 3.05) is 0 Å². The topological polar surface area (TPSA) is 0 Å². The summed E-state index contributed by atoms with van der Waals surface area (Å²) in [6.45, 7) is 0. The summed E-state index contributed by atoms with van der Waals surface area (Å²) in [6.07, 6.45) is 0. The van der Waals surface area contributed by atoms with Crippen molar-refractivity contribution >= 4 is 84.7 Å². The average Bonchev–Trinajstić information content (AvgIpc) is 3.42. The Labute approximate surface area is 436 Å². The van der Waals surface area contributed by atoms with Gasteiger partial charge in [-0.05, 0) is 47.7 Å². The zero-order valence-corrected chi connectivity index (χ0v) is 43.8. The van der Waals surface area contributed by atoms with Crippen LogP contribution in [-0.4, -0.2) is 0 Å². The van der Waals surface area contributed by atoms with Crippen LogP contribution in [0.25, 0.3) is 0 Å². The molecule has 0 nitrogen and oxygen atoms in total. The van der Waals surface area contributed by atoms with Crippen molar-refractivity contribution in [1.29, 1.82) is 0 Å². The first-order valence-electron chi connectivity index (χ1n) is 22.3. The molecule has 0 aliphatic carbocycles. The maximum atomic E-state index is 6.38. The normalized spacial score (nSPS) is 11.0. The van der Waals surface area contributed by atoms with Gasteiger partial charge in [0.25, 0.3) is 0 Å². The van der Waals surface area contributed by atoms with E-state index in [2.05, 4.69) is 231 Å². The molecule has 10 rings (SSSR count). The van der Waals surface area contributed by atoms with Crippen LogP contribution >= 0.6 is 27.6 Å². The van der Waals surface area contributed by atoms with Gasteiger partial charge in [-0.25, -0.2) is 0 Å². The predicted octanol–water partition coefficient (Wildman–Crippen LogP) is 13.5. The summed E-state index contributed by atoms with van der Waals surface area (Å²) in [6, 6.07) is 106. The van der Waals surface area contributed by atoms with Crippen LogP contribution in [0.5, 0.6) is 0 Å². The van der Waals surface area contributed by atoms with Gasteiger partial charge in [0.1, 0.15) is 0 Å². The van der Waals surface area contributed by atoms with E-state index in [0.29, 0.717) is 0 Å². The minimum absolute atomic E-state index is 0. The second-order valence-corrected chi connectivity index (χ2v) is 23.1. The average molecular weight is 1150 g/mol. The predicted molar refractivity (Wildman–Crippen MR) is 300 cm³/mol. The molecule has 0 amide bonds. The largest absolute Gasteiger partial charge is 2.00 e. The van der Waals surface area contributed by atoms with E-state index in [1.165, 1.54) is 31.8 Å². The first-order chi connectivity index (χ1) is 33.0. The zero-order chi connectivity index (χ0) is 46.0. The van der Waals surface area contributed by atoms with Crippen LogP contribution in [0.1, 0.15) is 22.3 Å². The first-order valence-corrected chi connectivity index (χ1v) is 26.6. The monoisotopic (exact) mass is 1150 g/mol. The summed E-state index contributed by atoms with van der Waals surface area (Å²) in [4.78, 5) is 0. The molecule has 0 aliphatic heterocycles. The Morgan fingerprint density at radius 1 is 0.221 bits per heavy atom. The van der Waals surface area contributed by atoms with E-state index in [9.17, 15) is 0 Å². The van der Waals surface area contributed by atoms with E-state index in [0.717, 1.165) is 22.3 Å². The van der Waals surface area contributed by atoms with Crippen molar-refractivity contribution in [2.24, 2.45) is 0 Å². The third kappa shape index (κ3) is 13.1. The Balaban J connectivity index is 0.000000155. The summed E-state index contributed by atoms with van der Waals surface area (Å²) in [5.41, 5.74) is 4.25. The standard InChI is InChI=1S/C26H22S3.2C18H15P.Pt/c27-25(21-13-5-1-6-14-21,22-15-7-2-8-16-22)29-26(28,23-17-9-3-10-18-23)24-19-11-4-12-20-24;2*1-4-10-16(11-5-1)19(17-12-6-2-7-13-17)18-14-8-3-9-15-18;/h1-20,27-28H;2*1-15H;/q;;;+2/p-2. The van der Waals surface area contributed by atoms with Gasteiger partial charge in [-0.15, -0.1) is 0 Å². The summed E-state index contributed by atoms with van der Waals surface area (Å²) in [7, 11) is -0.892.